The van der Waals surface area contributed by atoms with Crippen LogP contribution in [-0.4, -0.2) is 36.8 Å². The van der Waals surface area contributed by atoms with Crippen molar-refractivity contribution in [2.24, 2.45) is 0 Å². The maximum atomic E-state index is 12.0. The Hall–Kier alpha value is -2.16. The highest BCUT2D eigenvalue weighted by atomic mass is 32.2. The molecule has 25 heavy (non-hydrogen) atoms. The van der Waals surface area contributed by atoms with Gasteiger partial charge in [-0.05, 0) is 24.3 Å². The largest absolute Gasteiger partial charge is 0.444 e. The van der Waals surface area contributed by atoms with Crippen LogP contribution in [0.4, 0.5) is 0 Å². The van der Waals surface area contributed by atoms with E-state index in [2.05, 4.69) is 9.97 Å². The first-order valence-corrected chi connectivity index (χ1v) is 9.90. The van der Waals surface area contributed by atoms with Crippen LogP contribution in [0, 0.1) is 0 Å². The van der Waals surface area contributed by atoms with Crippen LogP contribution in [0.1, 0.15) is 5.69 Å². The summed E-state index contributed by atoms with van der Waals surface area (Å²) in [5, 5.41) is 0.724. The van der Waals surface area contributed by atoms with Crippen molar-refractivity contribution in [1.82, 2.24) is 14.3 Å². The third-order valence-electron chi connectivity index (χ3n) is 3.43. The monoisotopic (exact) mass is 375 g/mol. The SMILES string of the molecule is CN(C)S(=O)(=O)c1ccc(SCc2coc(-c3ccccc3)n2)nc1. The number of nitrogens with zero attached hydrogens (tertiary/aromatic N) is 3. The Labute approximate surface area is 151 Å². The van der Waals surface area contributed by atoms with Crippen molar-refractivity contribution in [2.75, 3.05) is 14.1 Å². The van der Waals surface area contributed by atoms with E-state index in [1.807, 2.05) is 30.3 Å². The molecule has 0 saturated carbocycles. The lowest BCUT2D eigenvalue weighted by molar-refractivity contribution is 0.520. The van der Waals surface area contributed by atoms with Crippen molar-refractivity contribution in [3.8, 4) is 11.5 Å². The molecule has 0 spiro atoms. The number of rotatable bonds is 6. The third kappa shape index (κ3) is 4.09. The molecule has 6 nitrogen and oxygen atoms in total. The van der Waals surface area contributed by atoms with Gasteiger partial charge in [-0.2, -0.15) is 0 Å². The summed E-state index contributed by atoms with van der Waals surface area (Å²) < 4.78 is 30.7. The van der Waals surface area contributed by atoms with Gasteiger partial charge in [0.15, 0.2) is 0 Å². The summed E-state index contributed by atoms with van der Waals surface area (Å²) in [6.07, 6.45) is 3.00. The second-order valence-electron chi connectivity index (χ2n) is 5.42. The third-order valence-corrected chi connectivity index (χ3v) is 6.20. The number of sulfonamides is 1. The lowest BCUT2D eigenvalue weighted by Gasteiger charge is -2.10. The molecule has 0 aliphatic carbocycles. The van der Waals surface area contributed by atoms with Gasteiger partial charge in [-0.1, -0.05) is 30.0 Å². The minimum atomic E-state index is -3.45. The van der Waals surface area contributed by atoms with Crippen molar-refractivity contribution < 1.29 is 12.8 Å². The topological polar surface area (TPSA) is 76.3 Å². The summed E-state index contributed by atoms with van der Waals surface area (Å²) in [6.45, 7) is 0. The van der Waals surface area contributed by atoms with Gasteiger partial charge in [-0.3, -0.25) is 0 Å². The van der Waals surface area contributed by atoms with E-state index in [1.165, 1.54) is 32.1 Å². The number of pyridine rings is 1. The van der Waals surface area contributed by atoms with Crippen LogP contribution in [0.5, 0.6) is 0 Å². The zero-order chi connectivity index (χ0) is 17.9. The van der Waals surface area contributed by atoms with E-state index in [0.717, 1.165) is 20.6 Å². The van der Waals surface area contributed by atoms with Crippen LogP contribution in [0.25, 0.3) is 11.5 Å². The van der Waals surface area contributed by atoms with E-state index in [-0.39, 0.29) is 4.90 Å². The first-order valence-electron chi connectivity index (χ1n) is 7.48. The van der Waals surface area contributed by atoms with Gasteiger partial charge in [0.1, 0.15) is 11.2 Å². The highest BCUT2D eigenvalue weighted by Gasteiger charge is 2.17. The fourth-order valence-electron chi connectivity index (χ4n) is 2.05. The van der Waals surface area contributed by atoms with Crippen molar-refractivity contribution in [2.45, 2.75) is 15.7 Å². The zero-order valence-electron chi connectivity index (χ0n) is 13.8. The molecule has 0 aliphatic heterocycles. The predicted molar refractivity (Wildman–Crippen MR) is 96.6 cm³/mol. The molecule has 0 bridgehead atoms. The van der Waals surface area contributed by atoms with E-state index in [1.54, 1.807) is 18.4 Å². The molecule has 0 N–H and O–H groups in total. The molecule has 0 fully saturated rings. The molecule has 3 rings (SSSR count). The van der Waals surface area contributed by atoms with Crippen molar-refractivity contribution in [3.05, 3.63) is 60.6 Å². The fourth-order valence-corrected chi connectivity index (χ4v) is 3.62. The van der Waals surface area contributed by atoms with Gasteiger partial charge in [-0.15, -0.1) is 0 Å². The van der Waals surface area contributed by atoms with Crippen LogP contribution in [-0.2, 0) is 15.8 Å². The van der Waals surface area contributed by atoms with Gasteiger partial charge in [0, 0.05) is 31.6 Å². The molecule has 3 aromatic rings. The molecule has 0 amide bonds. The molecule has 0 saturated heterocycles. The average Bonchev–Trinajstić information content (AvgIpc) is 3.10. The summed E-state index contributed by atoms with van der Waals surface area (Å²) in [6, 6.07) is 12.9. The van der Waals surface area contributed by atoms with Crippen molar-refractivity contribution in [1.29, 1.82) is 0 Å². The van der Waals surface area contributed by atoms with Crippen LogP contribution < -0.4 is 0 Å². The van der Waals surface area contributed by atoms with E-state index >= 15 is 0 Å². The van der Waals surface area contributed by atoms with Crippen molar-refractivity contribution >= 4 is 21.8 Å². The molecule has 130 valence electrons. The first-order chi connectivity index (χ1) is 12.0. The Kier molecular flexibility index (Phi) is 5.22. The zero-order valence-corrected chi connectivity index (χ0v) is 15.4. The normalized spacial score (nSPS) is 11.8. The van der Waals surface area contributed by atoms with E-state index in [0.29, 0.717) is 11.6 Å². The Balaban J connectivity index is 1.66. The molecule has 0 radical (unpaired) electrons. The first kappa shape index (κ1) is 17.7. The molecule has 8 heteroatoms. The Morgan fingerprint density at radius 3 is 2.52 bits per heavy atom. The summed E-state index contributed by atoms with van der Waals surface area (Å²) in [4.78, 5) is 8.84. The Morgan fingerprint density at radius 1 is 1.12 bits per heavy atom. The highest BCUT2D eigenvalue weighted by molar-refractivity contribution is 7.98. The van der Waals surface area contributed by atoms with Crippen LogP contribution in [0.2, 0.25) is 0 Å². The predicted octanol–water partition coefficient (Wildman–Crippen LogP) is 3.28. The maximum Gasteiger partial charge on any atom is 0.244 e. The quantitative estimate of drug-likeness (QED) is 0.616. The molecule has 0 aliphatic rings. The lowest BCUT2D eigenvalue weighted by atomic mass is 10.2. The molecule has 2 heterocycles. The number of aromatic nitrogens is 2. The van der Waals surface area contributed by atoms with Crippen LogP contribution in [0.3, 0.4) is 0 Å². The second-order valence-corrected chi connectivity index (χ2v) is 8.57. The summed E-state index contributed by atoms with van der Waals surface area (Å²) in [5.74, 6) is 1.17. The highest BCUT2D eigenvalue weighted by Crippen LogP contribution is 2.24. The molecular formula is C17H17N3O3S2. The Bertz CT molecular complexity index is 937. The van der Waals surface area contributed by atoms with E-state index < -0.39 is 10.0 Å². The smallest absolute Gasteiger partial charge is 0.244 e. The molecule has 2 aromatic heterocycles. The van der Waals surface area contributed by atoms with Gasteiger partial charge in [0.05, 0.1) is 10.7 Å². The lowest BCUT2D eigenvalue weighted by Crippen LogP contribution is -2.22. The minimum Gasteiger partial charge on any atom is -0.444 e. The summed E-state index contributed by atoms with van der Waals surface area (Å²) >= 11 is 1.47. The minimum absolute atomic E-state index is 0.176. The van der Waals surface area contributed by atoms with Gasteiger partial charge < -0.3 is 4.42 Å². The fraction of sp³-hybridized carbons (Fsp3) is 0.176. The average molecular weight is 375 g/mol. The van der Waals surface area contributed by atoms with Gasteiger partial charge in [-0.25, -0.2) is 22.7 Å². The maximum absolute atomic E-state index is 12.0. The van der Waals surface area contributed by atoms with Gasteiger partial charge >= 0.3 is 0 Å². The summed E-state index contributed by atoms with van der Waals surface area (Å²) in [7, 11) is -0.468. The number of oxazole rings is 1. The number of thioether (sulfide) groups is 1. The number of hydrogen-bond acceptors (Lipinski definition) is 6. The van der Waals surface area contributed by atoms with E-state index in [9.17, 15) is 8.42 Å². The van der Waals surface area contributed by atoms with E-state index in [4.69, 9.17) is 4.42 Å². The van der Waals surface area contributed by atoms with Gasteiger partial charge in [0.2, 0.25) is 15.9 Å². The Morgan fingerprint density at radius 2 is 1.88 bits per heavy atom. The standard InChI is InChI=1S/C17H17N3O3S2/c1-20(2)25(21,22)15-8-9-16(18-10-15)24-12-14-11-23-17(19-14)13-6-4-3-5-7-13/h3-11H,12H2,1-2H3. The molecule has 1 aromatic carbocycles. The second kappa shape index (κ2) is 7.38. The molecular weight excluding hydrogens is 358 g/mol. The molecule has 0 unspecified atom stereocenters. The van der Waals surface area contributed by atoms with Crippen molar-refractivity contribution in [3.63, 3.8) is 0 Å². The summed E-state index contributed by atoms with van der Waals surface area (Å²) in [5.41, 5.74) is 1.73. The van der Waals surface area contributed by atoms with Gasteiger partial charge in [0.25, 0.3) is 0 Å². The van der Waals surface area contributed by atoms with Crippen LogP contribution in [0.15, 0.2) is 69.3 Å². The molecule has 0 atom stereocenters. The van der Waals surface area contributed by atoms with Crippen LogP contribution >= 0.6 is 11.8 Å². The number of benzene rings is 1. The number of hydrogen-bond donors (Lipinski definition) is 0.